The molecule has 0 aromatic carbocycles. The Morgan fingerprint density at radius 3 is 3.05 bits per heavy atom. The number of aromatic nitrogens is 1. The standard InChI is InChI=1S/C15H19N3O3S/c1-2-5-21-15(20)18-9-12(22)8-11(18)6-10-3-4-17-13(7-10)14(16)19/h2-4,7,11-12,22H,1,5-6,8-9H2,(H2,16,19). The highest BCUT2D eigenvalue weighted by atomic mass is 32.1. The van der Waals surface area contributed by atoms with Gasteiger partial charge in [-0.25, -0.2) is 4.79 Å². The number of hydrogen-bond donors (Lipinski definition) is 2. The maximum Gasteiger partial charge on any atom is 0.410 e. The Bertz CT molecular complexity index is 579. The topological polar surface area (TPSA) is 85.5 Å². The number of pyridine rings is 1. The van der Waals surface area contributed by atoms with Gasteiger partial charge in [0.2, 0.25) is 0 Å². The predicted octanol–water partition coefficient (Wildman–Crippen LogP) is 1.42. The van der Waals surface area contributed by atoms with E-state index in [1.807, 2.05) is 6.07 Å². The molecule has 1 fully saturated rings. The molecule has 0 bridgehead atoms. The molecule has 0 saturated carbocycles. The molecule has 2 rings (SSSR count). The van der Waals surface area contributed by atoms with E-state index in [1.165, 1.54) is 6.08 Å². The van der Waals surface area contributed by atoms with Crippen LogP contribution in [0.4, 0.5) is 4.79 Å². The van der Waals surface area contributed by atoms with Gasteiger partial charge in [0.1, 0.15) is 12.3 Å². The molecule has 7 heteroatoms. The zero-order chi connectivity index (χ0) is 16.1. The van der Waals surface area contributed by atoms with Gasteiger partial charge in [0.25, 0.3) is 5.91 Å². The lowest BCUT2D eigenvalue weighted by molar-refractivity contribution is 0.0993. The van der Waals surface area contributed by atoms with Gasteiger partial charge < -0.3 is 15.4 Å². The smallest absolute Gasteiger partial charge is 0.410 e. The average molecular weight is 321 g/mol. The fraction of sp³-hybridized carbons (Fsp3) is 0.400. The number of carbonyl (C=O) groups excluding carboxylic acids is 2. The Hall–Kier alpha value is -2.02. The number of rotatable bonds is 5. The van der Waals surface area contributed by atoms with Crippen LogP contribution in [-0.2, 0) is 11.2 Å². The Morgan fingerprint density at radius 1 is 1.59 bits per heavy atom. The predicted molar refractivity (Wildman–Crippen MR) is 85.9 cm³/mol. The first-order chi connectivity index (χ1) is 10.5. The van der Waals surface area contributed by atoms with Crippen LogP contribution in [-0.4, -0.2) is 46.3 Å². The third kappa shape index (κ3) is 4.00. The van der Waals surface area contributed by atoms with Gasteiger partial charge in [-0.2, -0.15) is 12.6 Å². The molecule has 2 atom stereocenters. The summed E-state index contributed by atoms with van der Waals surface area (Å²) < 4.78 is 5.10. The number of nitrogens with two attached hydrogens (primary N) is 1. The number of likely N-dealkylation sites (tertiary alicyclic amines) is 1. The molecule has 2 unspecified atom stereocenters. The van der Waals surface area contributed by atoms with E-state index in [4.69, 9.17) is 10.5 Å². The van der Waals surface area contributed by atoms with Crippen molar-refractivity contribution in [3.05, 3.63) is 42.2 Å². The number of hydrogen-bond acceptors (Lipinski definition) is 5. The summed E-state index contributed by atoms with van der Waals surface area (Å²) in [7, 11) is 0. The second kappa shape index (κ2) is 7.31. The summed E-state index contributed by atoms with van der Waals surface area (Å²) in [5.74, 6) is -0.567. The van der Waals surface area contributed by atoms with E-state index < -0.39 is 5.91 Å². The maximum atomic E-state index is 12.1. The lowest BCUT2D eigenvalue weighted by Crippen LogP contribution is -2.37. The van der Waals surface area contributed by atoms with E-state index in [0.717, 1.165) is 12.0 Å². The Balaban J connectivity index is 2.09. The molecular formula is C15H19N3O3S. The minimum atomic E-state index is -0.567. The van der Waals surface area contributed by atoms with Crippen LogP contribution < -0.4 is 5.73 Å². The fourth-order valence-corrected chi connectivity index (χ4v) is 2.95. The second-order valence-corrected chi connectivity index (χ2v) is 5.91. The number of carbonyl (C=O) groups is 2. The van der Waals surface area contributed by atoms with Crippen molar-refractivity contribution in [3.63, 3.8) is 0 Å². The molecular weight excluding hydrogens is 302 g/mol. The van der Waals surface area contributed by atoms with E-state index in [2.05, 4.69) is 24.2 Å². The summed E-state index contributed by atoms with van der Waals surface area (Å²) >= 11 is 4.46. The number of nitrogens with zero attached hydrogens (tertiary/aromatic N) is 2. The Labute approximate surface area is 134 Å². The SMILES string of the molecule is C=CCOC(=O)N1CC(S)CC1Cc1ccnc(C(N)=O)c1. The molecule has 1 aliphatic rings. The monoisotopic (exact) mass is 321 g/mol. The molecule has 0 radical (unpaired) electrons. The van der Waals surface area contributed by atoms with Gasteiger partial charge in [-0.1, -0.05) is 12.7 Å². The van der Waals surface area contributed by atoms with Crippen molar-refractivity contribution < 1.29 is 14.3 Å². The summed E-state index contributed by atoms with van der Waals surface area (Å²) in [5.41, 5.74) is 6.36. The third-order valence-electron chi connectivity index (χ3n) is 3.50. The van der Waals surface area contributed by atoms with Crippen molar-refractivity contribution >= 4 is 24.6 Å². The van der Waals surface area contributed by atoms with E-state index in [-0.39, 0.29) is 29.7 Å². The summed E-state index contributed by atoms with van der Waals surface area (Å²) in [5, 5.41) is 0.110. The van der Waals surface area contributed by atoms with Crippen LogP contribution in [0.25, 0.3) is 0 Å². The highest BCUT2D eigenvalue weighted by Crippen LogP contribution is 2.25. The first kappa shape index (κ1) is 16.4. The number of thiol groups is 1. The molecule has 0 aliphatic carbocycles. The lowest BCUT2D eigenvalue weighted by Gasteiger charge is -2.23. The summed E-state index contributed by atoms with van der Waals surface area (Å²) in [6.45, 7) is 4.25. The molecule has 118 valence electrons. The van der Waals surface area contributed by atoms with Crippen molar-refractivity contribution in [3.8, 4) is 0 Å². The van der Waals surface area contributed by atoms with Crippen molar-refractivity contribution in [2.75, 3.05) is 13.2 Å². The van der Waals surface area contributed by atoms with Crippen LogP contribution in [0.2, 0.25) is 0 Å². The summed E-state index contributed by atoms with van der Waals surface area (Å²) in [6, 6.07) is 3.44. The number of primary amides is 1. The highest BCUT2D eigenvalue weighted by molar-refractivity contribution is 7.81. The van der Waals surface area contributed by atoms with Gasteiger partial charge >= 0.3 is 6.09 Å². The number of ether oxygens (including phenoxy) is 1. The molecule has 2 N–H and O–H groups in total. The molecule has 1 aromatic rings. The zero-order valence-electron chi connectivity index (χ0n) is 12.1. The second-order valence-electron chi connectivity index (χ2n) is 5.18. The molecule has 2 amide bonds. The van der Waals surface area contributed by atoms with Gasteiger partial charge in [-0.05, 0) is 30.5 Å². The minimum Gasteiger partial charge on any atom is -0.445 e. The largest absolute Gasteiger partial charge is 0.445 e. The van der Waals surface area contributed by atoms with Crippen LogP contribution in [0, 0.1) is 0 Å². The van der Waals surface area contributed by atoms with Crippen LogP contribution in [0.5, 0.6) is 0 Å². The van der Waals surface area contributed by atoms with Gasteiger partial charge in [0.05, 0.1) is 0 Å². The van der Waals surface area contributed by atoms with Gasteiger partial charge in [0, 0.05) is 24.0 Å². The van der Waals surface area contributed by atoms with Crippen molar-refractivity contribution in [1.29, 1.82) is 0 Å². The highest BCUT2D eigenvalue weighted by Gasteiger charge is 2.34. The molecule has 1 aromatic heterocycles. The van der Waals surface area contributed by atoms with Crippen molar-refractivity contribution in [1.82, 2.24) is 9.88 Å². The van der Waals surface area contributed by atoms with Gasteiger partial charge in [0.15, 0.2) is 0 Å². The fourth-order valence-electron chi connectivity index (χ4n) is 2.53. The summed E-state index contributed by atoms with van der Waals surface area (Å²) in [4.78, 5) is 28.8. The first-order valence-corrected chi connectivity index (χ1v) is 7.50. The molecule has 0 spiro atoms. The van der Waals surface area contributed by atoms with Crippen LogP contribution in [0.15, 0.2) is 31.0 Å². The van der Waals surface area contributed by atoms with E-state index >= 15 is 0 Å². The van der Waals surface area contributed by atoms with E-state index in [0.29, 0.717) is 13.0 Å². The summed E-state index contributed by atoms with van der Waals surface area (Å²) in [6.07, 6.45) is 4.07. The minimum absolute atomic E-state index is 0.0251. The van der Waals surface area contributed by atoms with Crippen LogP contribution in [0.1, 0.15) is 22.5 Å². The van der Waals surface area contributed by atoms with Gasteiger partial charge in [-0.3, -0.25) is 9.78 Å². The molecule has 1 saturated heterocycles. The van der Waals surface area contributed by atoms with Crippen molar-refractivity contribution in [2.45, 2.75) is 24.1 Å². The lowest BCUT2D eigenvalue weighted by atomic mass is 10.0. The maximum absolute atomic E-state index is 12.1. The molecule has 1 aliphatic heterocycles. The Kier molecular flexibility index (Phi) is 5.43. The Morgan fingerprint density at radius 2 is 2.36 bits per heavy atom. The van der Waals surface area contributed by atoms with Crippen molar-refractivity contribution in [2.24, 2.45) is 5.73 Å². The average Bonchev–Trinajstić information content (AvgIpc) is 2.85. The van der Waals surface area contributed by atoms with Crippen LogP contribution in [0.3, 0.4) is 0 Å². The van der Waals surface area contributed by atoms with E-state index in [9.17, 15) is 9.59 Å². The van der Waals surface area contributed by atoms with E-state index in [1.54, 1.807) is 17.2 Å². The van der Waals surface area contributed by atoms with Gasteiger partial charge in [-0.15, -0.1) is 0 Å². The zero-order valence-corrected chi connectivity index (χ0v) is 13.0. The third-order valence-corrected chi connectivity index (χ3v) is 3.87. The van der Waals surface area contributed by atoms with Crippen LogP contribution >= 0.6 is 12.6 Å². The molecule has 2 heterocycles. The first-order valence-electron chi connectivity index (χ1n) is 6.98. The normalized spacial score (nSPS) is 20.7. The quantitative estimate of drug-likeness (QED) is 0.634. The number of amides is 2. The molecule has 22 heavy (non-hydrogen) atoms. The molecule has 6 nitrogen and oxygen atoms in total.